The van der Waals surface area contributed by atoms with Gasteiger partial charge in [0.05, 0.1) is 24.3 Å². The zero-order valence-electron chi connectivity index (χ0n) is 12.6. The lowest BCUT2D eigenvalue weighted by Gasteiger charge is -2.16. The third kappa shape index (κ3) is 4.00. The van der Waals surface area contributed by atoms with E-state index in [9.17, 15) is 23.1 Å². The summed E-state index contributed by atoms with van der Waals surface area (Å²) in [7, 11) is 0. The Balaban J connectivity index is 2.04. The summed E-state index contributed by atoms with van der Waals surface area (Å²) in [6.07, 6.45) is -2.69. The highest BCUT2D eigenvalue weighted by molar-refractivity contribution is 5.79. The second kappa shape index (κ2) is 6.28. The van der Waals surface area contributed by atoms with Crippen LogP contribution in [0.4, 0.5) is 13.2 Å². The number of hydrogen-bond acceptors (Lipinski definition) is 3. The predicted octanol–water partition coefficient (Wildman–Crippen LogP) is 1.63. The van der Waals surface area contributed by atoms with E-state index in [1.807, 2.05) is 0 Å². The summed E-state index contributed by atoms with van der Waals surface area (Å²) in [5.41, 5.74) is 1.27. The van der Waals surface area contributed by atoms with Gasteiger partial charge < -0.3 is 10.4 Å². The summed E-state index contributed by atoms with van der Waals surface area (Å²) in [6.45, 7) is 1.95. The average molecular weight is 319 g/mol. The van der Waals surface area contributed by atoms with Crippen molar-refractivity contribution in [3.63, 3.8) is 0 Å². The minimum atomic E-state index is -4.35. The number of halogens is 3. The number of amides is 1. The van der Waals surface area contributed by atoms with Crippen molar-refractivity contribution in [3.8, 4) is 0 Å². The first kappa shape index (κ1) is 16.8. The van der Waals surface area contributed by atoms with Gasteiger partial charge in [-0.1, -0.05) is 0 Å². The lowest BCUT2D eigenvalue weighted by atomic mass is 10.1. The quantitative estimate of drug-likeness (QED) is 0.886. The summed E-state index contributed by atoms with van der Waals surface area (Å²) in [5.74, 6) is -0.302. The average Bonchev–Trinajstić information content (AvgIpc) is 2.87. The maximum Gasteiger partial charge on any atom is 0.408 e. The zero-order valence-corrected chi connectivity index (χ0v) is 12.6. The Bertz CT molecular complexity index is 554. The van der Waals surface area contributed by atoms with Gasteiger partial charge in [-0.2, -0.15) is 18.3 Å². The van der Waals surface area contributed by atoms with Gasteiger partial charge in [0.25, 0.3) is 0 Å². The van der Waals surface area contributed by atoms with Crippen molar-refractivity contribution >= 4 is 5.91 Å². The largest absolute Gasteiger partial charge is 0.408 e. The van der Waals surface area contributed by atoms with Gasteiger partial charge in [0.1, 0.15) is 6.54 Å². The van der Waals surface area contributed by atoms with E-state index in [4.69, 9.17) is 0 Å². The second-order valence-corrected chi connectivity index (χ2v) is 5.77. The van der Waals surface area contributed by atoms with E-state index in [2.05, 4.69) is 10.4 Å². The lowest BCUT2D eigenvalue weighted by Crippen LogP contribution is -2.40. The number of aryl methyl sites for hydroxylation is 1. The van der Waals surface area contributed by atoms with Crippen LogP contribution in [0.1, 0.15) is 36.2 Å². The molecule has 1 heterocycles. The molecule has 0 spiro atoms. The van der Waals surface area contributed by atoms with Crippen LogP contribution in [0, 0.1) is 13.8 Å². The number of carbonyl (C=O) groups is 1. The van der Waals surface area contributed by atoms with E-state index in [1.54, 1.807) is 6.92 Å². The fourth-order valence-corrected chi connectivity index (χ4v) is 2.84. The van der Waals surface area contributed by atoms with Crippen LogP contribution >= 0.6 is 0 Å². The molecule has 2 atom stereocenters. The van der Waals surface area contributed by atoms with Crippen LogP contribution < -0.4 is 5.32 Å². The molecule has 0 bridgehead atoms. The molecule has 1 aromatic heterocycles. The van der Waals surface area contributed by atoms with Crippen molar-refractivity contribution in [2.75, 3.05) is 0 Å². The maximum atomic E-state index is 12.5. The molecule has 1 saturated carbocycles. The Morgan fingerprint density at radius 2 is 2.09 bits per heavy atom. The molecule has 2 rings (SSSR count). The first-order valence-electron chi connectivity index (χ1n) is 7.24. The summed E-state index contributed by atoms with van der Waals surface area (Å²) in [4.78, 5) is 12.0. The molecule has 0 aliphatic heterocycles. The van der Waals surface area contributed by atoms with Gasteiger partial charge in [-0.25, -0.2) is 0 Å². The van der Waals surface area contributed by atoms with E-state index in [0.717, 1.165) is 17.5 Å². The van der Waals surface area contributed by atoms with Crippen LogP contribution in [-0.2, 0) is 17.8 Å². The number of rotatable bonds is 4. The number of aromatic nitrogens is 2. The minimum absolute atomic E-state index is 0.0290. The number of hydrogen-bond donors (Lipinski definition) is 2. The minimum Gasteiger partial charge on any atom is -0.391 e. The standard InChI is InChI=1S/C14H20F3N3O2/c1-8-10(9(2)20(19-8)7-14(15,16)17)6-13(22)18-11-4-3-5-12(11)21/h11-12,21H,3-7H2,1-2H3,(H,18,22)/t11-,12-/m0/s1. The summed E-state index contributed by atoms with van der Waals surface area (Å²) < 4.78 is 38.3. The van der Waals surface area contributed by atoms with Crippen LogP contribution in [0.3, 0.4) is 0 Å². The molecule has 2 N–H and O–H groups in total. The van der Waals surface area contributed by atoms with E-state index in [0.29, 0.717) is 23.4 Å². The van der Waals surface area contributed by atoms with Crippen molar-refractivity contribution in [1.82, 2.24) is 15.1 Å². The van der Waals surface area contributed by atoms with Crippen molar-refractivity contribution < 1.29 is 23.1 Å². The number of nitrogens with one attached hydrogen (secondary N) is 1. The highest BCUT2D eigenvalue weighted by Crippen LogP contribution is 2.22. The van der Waals surface area contributed by atoms with E-state index in [-0.39, 0.29) is 18.4 Å². The number of carbonyl (C=O) groups excluding carboxylic acids is 1. The fourth-order valence-electron chi connectivity index (χ4n) is 2.84. The van der Waals surface area contributed by atoms with Crippen LogP contribution in [-0.4, -0.2) is 39.1 Å². The number of aliphatic hydroxyl groups excluding tert-OH is 1. The normalized spacial score (nSPS) is 22.1. The van der Waals surface area contributed by atoms with E-state index >= 15 is 0 Å². The maximum absolute atomic E-state index is 12.5. The third-order valence-corrected chi connectivity index (χ3v) is 4.02. The molecule has 0 aromatic carbocycles. The highest BCUT2D eigenvalue weighted by atomic mass is 19.4. The topological polar surface area (TPSA) is 67.2 Å². The van der Waals surface area contributed by atoms with Gasteiger partial charge in [0, 0.05) is 11.3 Å². The molecule has 1 aromatic rings. The SMILES string of the molecule is Cc1nn(CC(F)(F)F)c(C)c1CC(=O)N[C@H]1CCC[C@@H]1O. The zero-order chi connectivity index (χ0) is 16.5. The van der Waals surface area contributed by atoms with Gasteiger partial charge >= 0.3 is 6.18 Å². The summed E-state index contributed by atoms with van der Waals surface area (Å²) in [6, 6.07) is -0.265. The molecular weight excluding hydrogens is 299 g/mol. The smallest absolute Gasteiger partial charge is 0.391 e. The Hall–Kier alpha value is -1.57. The Morgan fingerprint density at radius 1 is 1.41 bits per heavy atom. The number of nitrogens with zero attached hydrogens (tertiary/aromatic N) is 2. The molecule has 0 unspecified atom stereocenters. The van der Waals surface area contributed by atoms with E-state index in [1.165, 1.54) is 6.92 Å². The van der Waals surface area contributed by atoms with Crippen molar-refractivity contribution in [1.29, 1.82) is 0 Å². The highest BCUT2D eigenvalue weighted by Gasteiger charge is 2.31. The molecule has 0 saturated heterocycles. The molecule has 1 fully saturated rings. The monoisotopic (exact) mass is 319 g/mol. The first-order chi connectivity index (χ1) is 10.2. The van der Waals surface area contributed by atoms with Gasteiger partial charge in [-0.3, -0.25) is 9.48 Å². The molecule has 22 heavy (non-hydrogen) atoms. The molecule has 8 heteroatoms. The molecule has 5 nitrogen and oxygen atoms in total. The van der Waals surface area contributed by atoms with E-state index < -0.39 is 18.8 Å². The molecule has 1 amide bonds. The second-order valence-electron chi connectivity index (χ2n) is 5.77. The summed E-state index contributed by atoms with van der Waals surface area (Å²) >= 11 is 0. The van der Waals surface area contributed by atoms with Gasteiger partial charge in [0.2, 0.25) is 5.91 Å². The fraction of sp³-hybridized carbons (Fsp3) is 0.714. The predicted molar refractivity (Wildman–Crippen MR) is 73.2 cm³/mol. The summed E-state index contributed by atoms with van der Waals surface area (Å²) in [5, 5.41) is 16.3. The van der Waals surface area contributed by atoms with Gasteiger partial charge in [-0.15, -0.1) is 0 Å². The van der Waals surface area contributed by atoms with Crippen LogP contribution in [0.15, 0.2) is 0 Å². The molecular formula is C14H20F3N3O2. The van der Waals surface area contributed by atoms with Crippen molar-refractivity contribution in [2.24, 2.45) is 0 Å². The third-order valence-electron chi connectivity index (χ3n) is 4.02. The molecule has 1 aliphatic carbocycles. The van der Waals surface area contributed by atoms with Gasteiger partial charge in [0.15, 0.2) is 0 Å². The molecule has 1 aliphatic rings. The Labute approximate surface area is 126 Å². The van der Waals surface area contributed by atoms with Crippen LogP contribution in [0.2, 0.25) is 0 Å². The van der Waals surface area contributed by atoms with Crippen LogP contribution in [0.5, 0.6) is 0 Å². The molecule has 0 radical (unpaired) electrons. The van der Waals surface area contributed by atoms with Crippen LogP contribution in [0.25, 0.3) is 0 Å². The first-order valence-corrected chi connectivity index (χ1v) is 7.24. The number of aliphatic hydroxyl groups is 1. The van der Waals surface area contributed by atoms with Crippen molar-refractivity contribution in [2.45, 2.75) is 64.4 Å². The number of alkyl halides is 3. The Morgan fingerprint density at radius 3 is 2.64 bits per heavy atom. The lowest BCUT2D eigenvalue weighted by molar-refractivity contribution is -0.142. The van der Waals surface area contributed by atoms with Gasteiger partial charge in [-0.05, 0) is 33.1 Å². The van der Waals surface area contributed by atoms with Crippen molar-refractivity contribution in [3.05, 3.63) is 17.0 Å². The molecule has 124 valence electrons. The Kier molecular flexibility index (Phi) is 4.79.